The van der Waals surface area contributed by atoms with Crippen molar-refractivity contribution in [3.05, 3.63) is 0 Å². The molecule has 1 aliphatic carbocycles. The molecule has 0 atom stereocenters. The molecular formula is C12H25NO2. The van der Waals surface area contributed by atoms with Crippen LogP contribution in [-0.2, 0) is 0 Å². The van der Waals surface area contributed by atoms with E-state index in [1.165, 1.54) is 19.3 Å². The van der Waals surface area contributed by atoms with Gasteiger partial charge in [-0.2, -0.15) is 0 Å². The van der Waals surface area contributed by atoms with Gasteiger partial charge in [-0.05, 0) is 25.3 Å². The lowest BCUT2D eigenvalue weighted by Gasteiger charge is -2.36. The molecule has 0 saturated heterocycles. The van der Waals surface area contributed by atoms with Crippen molar-refractivity contribution in [3.63, 3.8) is 0 Å². The van der Waals surface area contributed by atoms with Gasteiger partial charge in [0.1, 0.15) is 0 Å². The van der Waals surface area contributed by atoms with Crippen LogP contribution < -0.4 is 0 Å². The Morgan fingerprint density at radius 3 is 2.20 bits per heavy atom. The van der Waals surface area contributed by atoms with E-state index in [2.05, 4.69) is 11.8 Å². The Morgan fingerprint density at radius 2 is 1.87 bits per heavy atom. The summed E-state index contributed by atoms with van der Waals surface area (Å²) in [5, 5.41) is 18.5. The molecule has 90 valence electrons. The molecule has 0 bridgehead atoms. The smallest absolute Gasteiger partial charge is 0.0519 e. The van der Waals surface area contributed by atoms with Crippen LogP contribution in [0.15, 0.2) is 0 Å². The van der Waals surface area contributed by atoms with E-state index in [-0.39, 0.29) is 18.6 Å². The summed E-state index contributed by atoms with van der Waals surface area (Å²) in [5.41, 5.74) is -0.347. The average molecular weight is 215 g/mol. The van der Waals surface area contributed by atoms with Crippen LogP contribution in [0.5, 0.6) is 0 Å². The number of hydrogen-bond acceptors (Lipinski definition) is 3. The molecule has 0 heterocycles. The Hall–Kier alpha value is -0.120. The molecule has 1 saturated carbocycles. The van der Waals surface area contributed by atoms with E-state index in [0.717, 1.165) is 25.6 Å². The Kier molecular flexibility index (Phi) is 5.03. The van der Waals surface area contributed by atoms with Gasteiger partial charge in [-0.15, -0.1) is 0 Å². The molecule has 3 heteroatoms. The lowest BCUT2D eigenvalue weighted by molar-refractivity contribution is 0.0280. The number of nitrogens with zero attached hydrogens (tertiary/aromatic N) is 1. The highest BCUT2D eigenvalue weighted by Crippen LogP contribution is 2.28. The lowest BCUT2D eigenvalue weighted by atomic mass is 9.84. The summed E-state index contributed by atoms with van der Waals surface area (Å²) >= 11 is 0. The molecule has 0 aromatic heterocycles. The van der Waals surface area contributed by atoms with E-state index >= 15 is 0 Å². The van der Waals surface area contributed by atoms with E-state index in [1.54, 1.807) is 0 Å². The summed E-state index contributed by atoms with van der Waals surface area (Å²) in [4.78, 5) is 2.36. The number of hydrogen-bond donors (Lipinski definition) is 2. The minimum Gasteiger partial charge on any atom is -0.396 e. The molecule has 0 aromatic carbocycles. The van der Waals surface area contributed by atoms with Gasteiger partial charge >= 0.3 is 0 Å². The number of aliphatic hydroxyl groups is 2. The van der Waals surface area contributed by atoms with E-state index < -0.39 is 0 Å². The predicted molar refractivity (Wildman–Crippen MR) is 61.7 cm³/mol. The van der Waals surface area contributed by atoms with Gasteiger partial charge in [0.25, 0.3) is 0 Å². The molecule has 0 aromatic rings. The largest absolute Gasteiger partial charge is 0.396 e. The molecule has 2 N–H and O–H groups in total. The normalized spacial score (nSPS) is 18.2. The van der Waals surface area contributed by atoms with Crippen LogP contribution in [0.1, 0.15) is 33.1 Å². The predicted octanol–water partition coefficient (Wildman–Crippen LogP) is 1.10. The topological polar surface area (TPSA) is 43.7 Å². The number of rotatable bonds is 7. The van der Waals surface area contributed by atoms with Crippen LogP contribution in [0.4, 0.5) is 0 Å². The quantitative estimate of drug-likeness (QED) is 0.668. The summed E-state index contributed by atoms with van der Waals surface area (Å²) < 4.78 is 0. The van der Waals surface area contributed by atoms with Gasteiger partial charge < -0.3 is 15.1 Å². The highest BCUT2D eigenvalue weighted by molar-refractivity contribution is 4.80. The molecule has 1 fully saturated rings. The molecule has 15 heavy (non-hydrogen) atoms. The van der Waals surface area contributed by atoms with Gasteiger partial charge in [0.2, 0.25) is 0 Å². The third-order valence-electron chi connectivity index (χ3n) is 3.56. The van der Waals surface area contributed by atoms with Gasteiger partial charge in [0, 0.05) is 18.5 Å². The zero-order valence-electron chi connectivity index (χ0n) is 10.1. The summed E-state index contributed by atoms with van der Waals surface area (Å²) in [5.74, 6) is 0.853. The molecule has 1 aliphatic rings. The molecule has 0 spiro atoms. The first-order chi connectivity index (χ1) is 7.13. The SMILES string of the molecule is CCN(CC1CCC1)CC(C)(CO)CO. The Bertz CT molecular complexity index is 176. The van der Waals surface area contributed by atoms with Crippen molar-refractivity contribution >= 4 is 0 Å². The third-order valence-corrected chi connectivity index (χ3v) is 3.56. The summed E-state index contributed by atoms with van der Waals surface area (Å²) in [6.45, 7) is 7.14. The van der Waals surface area contributed by atoms with Crippen molar-refractivity contribution in [2.75, 3.05) is 32.8 Å². The molecule has 0 aliphatic heterocycles. The fourth-order valence-corrected chi connectivity index (χ4v) is 2.04. The van der Waals surface area contributed by atoms with Crippen molar-refractivity contribution in [2.24, 2.45) is 11.3 Å². The maximum atomic E-state index is 9.25. The van der Waals surface area contributed by atoms with Crippen LogP contribution in [0, 0.1) is 11.3 Å². The summed E-state index contributed by atoms with van der Waals surface area (Å²) in [7, 11) is 0. The highest BCUT2D eigenvalue weighted by atomic mass is 16.3. The van der Waals surface area contributed by atoms with Crippen molar-refractivity contribution < 1.29 is 10.2 Å². The number of aliphatic hydroxyl groups excluding tert-OH is 2. The second kappa shape index (κ2) is 5.83. The second-order valence-electron chi connectivity index (χ2n) is 5.25. The van der Waals surface area contributed by atoms with Crippen LogP contribution >= 0.6 is 0 Å². The first-order valence-corrected chi connectivity index (χ1v) is 6.07. The highest BCUT2D eigenvalue weighted by Gasteiger charge is 2.27. The standard InChI is InChI=1S/C12H25NO2/c1-3-13(7-11-5-4-6-11)8-12(2,9-14)10-15/h11,14-15H,3-10H2,1-2H3. The van der Waals surface area contributed by atoms with Crippen LogP contribution in [-0.4, -0.2) is 48.0 Å². The summed E-state index contributed by atoms with van der Waals surface area (Å²) in [6.07, 6.45) is 4.08. The van der Waals surface area contributed by atoms with Crippen molar-refractivity contribution in [1.82, 2.24) is 4.90 Å². The zero-order chi connectivity index (χ0) is 11.3. The van der Waals surface area contributed by atoms with E-state index in [4.69, 9.17) is 0 Å². The monoisotopic (exact) mass is 215 g/mol. The molecular weight excluding hydrogens is 190 g/mol. The van der Waals surface area contributed by atoms with Crippen molar-refractivity contribution in [2.45, 2.75) is 33.1 Å². The average Bonchev–Trinajstić information content (AvgIpc) is 2.21. The van der Waals surface area contributed by atoms with Crippen molar-refractivity contribution in [3.8, 4) is 0 Å². The Morgan fingerprint density at radius 1 is 1.27 bits per heavy atom. The van der Waals surface area contributed by atoms with Gasteiger partial charge in [0.05, 0.1) is 13.2 Å². The minimum atomic E-state index is -0.347. The maximum absolute atomic E-state index is 9.25. The Balaban J connectivity index is 2.36. The zero-order valence-corrected chi connectivity index (χ0v) is 10.1. The van der Waals surface area contributed by atoms with E-state index in [9.17, 15) is 10.2 Å². The van der Waals surface area contributed by atoms with Gasteiger partial charge in [-0.25, -0.2) is 0 Å². The minimum absolute atomic E-state index is 0.0602. The summed E-state index contributed by atoms with van der Waals surface area (Å²) in [6, 6.07) is 0. The van der Waals surface area contributed by atoms with Crippen molar-refractivity contribution in [1.29, 1.82) is 0 Å². The van der Waals surface area contributed by atoms with Gasteiger partial charge in [-0.1, -0.05) is 20.3 Å². The Labute approximate surface area is 93.1 Å². The maximum Gasteiger partial charge on any atom is 0.0519 e. The first-order valence-electron chi connectivity index (χ1n) is 6.07. The van der Waals surface area contributed by atoms with Crippen LogP contribution in [0.25, 0.3) is 0 Å². The van der Waals surface area contributed by atoms with E-state index in [1.807, 2.05) is 6.92 Å². The van der Waals surface area contributed by atoms with Gasteiger partial charge in [-0.3, -0.25) is 0 Å². The van der Waals surface area contributed by atoms with Crippen LogP contribution in [0.3, 0.4) is 0 Å². The molecule has 3 nitrogen and oxygen atoms in total. The lowest BCUT2D eigenvalue weighted by Crippen LogP contribution is -2.43. The van der Waals surface area contributed by atoms with E-state index in [0.29, 0.717) is 0 Å². The fourth-order valence-electron chi connectivity index (χ4n) is 2.04. The molecule has 0 unspecified atom stereocenters. The van der Waals surface area contributed by atoms with Gasteiger partial charge in [0.15, 0.2) is 0 Å². The molecule has 0 radical (unpaired) electrons. The second-order valence-corrected chi connectivity index (χ2v) is 5.25. The fraction of sp³-hybridized carbons (Fsp3) is 1.00. The third kappa shape index (κ3) is 3.74. The van der Waals surface area contributed by atoms with Crippen LogP contribution in [0.2, 0.25) is 0 Å². The molecule has 0 amide bonds. The first kappa shape index (κ1) is 12.9. The molecule has 1 rings (SSSR count).